The minimum atomic E-state index is -0.743. The van der Waals surface area contributed by atoms with Crippen LogP contribution in [0.2, 0.25) is 10.0 Å². The summed E-state index contributed by atoms with van der Waals surface area (Å²) in [4.78, 5) is 13.7. The molecule has 0 radical (unpaired) electrons. The number of aromatic hydroxyl groups is 2. The zero-order chi connectivity index (χ0) is 26.0. The van der Waals surface area contributed by atoms with Gasteiger partial charge in [0.05, 0.1) is 22.5 Å². The molecule has 1 heterocycles. The van der Waals surface area contributed by atoms with E-state index in [4.69, 9.17) is 27.9 Å². The number of aryl methyl sites for hydroxylation is 1. The lowest BCUT2D eigenvalue weighted by atomic mass is 9.78. The number of hydrogen-bond acceptors (Lipinski definition) is 5. The monoisotopic (exact) mass is 532 g/mol. The number of aliphatic carboxylic acids is 1. The fraction of sp³-hybridized carbons (Fsp3) is 0.370. The summed E-state index contributed by atoms with van der Waals surface area (Å²) < 4.78 is 7.26. The lowest BCUT2D eigenvalue weighted by molar-refractivity contribution is -0.147. The molecule has 1 unspecified atom stereocenters. The van der Waals surface area contributed by atoms with Crippen molar-refractivity contribution in [2.45, 2.75) is 51.9 Å². The van der Waals surface area contributed by atoms with E-state index in [1.165, 1.54) is 16.7 Å². The number of carboxylic acids is 1. The number of benzene rings is 2. The van der Waals surface area contributed by atoms with Gasteiger partial charge in [-0.3, -0.25) is 14.3 Å². The van der Waals surface area contributed by atoms with Crippen molar-refractivity contribution in [3.05, 3.63) is 75.3 Å². The highest BCUT2D eigenvalue weighted by Crippen LogP contribution is 2.39. The van der Waals surface area contributed by atoms with Gasteiger partial charge in [0.1, 0.15) is 12.4 Å². The first-order chi connectivity index (χ1) is 17.1. The third-order valence-corrected chi connectivity index (χ3v) is 7.71. The van der Waals surface area contributed by atoms with Crippen molar-refractivity contribution in [1.29, 1.82) is 0 Å². The van der Waals surface area contributed by atoms with Crippen LogP contribution in [0.3, 0.4) is 0 Å². The molecule has 9 heteroatoms. The van der Waals surface area contributed by atoms with Crippen LogP contribution in [0.1, 0.15) is 42.5 Å². The Labute approximate surface area is 220 Å². The minimum absolute atomic E-state index is 0.0117. The molecule has 4 rings (SSSR count). The molecule has 0 bridgehead atoms. The normalized spacial score (nSPS) is 18.1. The van der Waals surface area contributed by atoms with Gasteiger partial charge in [0.15, 0.2) is 11.8 Å². The smallest absolute Gasteiger partial charge is 0.306 e. The summed E-state index contributed by atoms with van der Waals surface area (Å²) in [6.07, 6.45) is 1.22. The Hall–Kier alpha value is -2.87. The van der Waals surface area contributed by atoms with Crippen molar-refractivity contribution in [3.63, 3.8) is 0 Å². The highest BCUT2D eigenvalue weighted by atomic mass is 35.5. The molecule has 1 aliphatic carbocycles. The van der Waals surface area contributed by atoms with Crippen LogP contribution in [0.25, 0.3) is 0 Å². The molecule has 2 aromatic carbocycles. The summed E-state index contributed by atoms with van der Waals surface area (Å²) in [6, 6.07) is 14.6. The predicted molar refractivity (Wildman–Crippen MR) is 139 cm³/mol. The summed E-state index contributed by atoms with van der Waals surface area (Å²) >= 11 is 12.4. The third-order valence-electron chi connectivity index (χ3n) is 6.97. The van der Waals surface area contributed by atoms with E-state index < -0.39 is 5.97 Å². The van der Waals surface area contributed by atoms with Gasteiger partial charge >= 0.3 is 5.97 Å². The van der Waals surface area contributed by atoms with Crippen LogP contribution in [0.15, 0.2) is 48.5 Å². The molecule has 3 aromatic rings. The van der Waals surface area contributed by atoms with Gasteiger partial charge in [-0.1, -0.05) is 41.4 Å². The molecule has 1 aromatic heterocycles. The Morgan fingerprint density at radius 1 is 1.08 bits per heavy atom. The van der Waals surface area contributed by atoms with Crippen molar-refractivity contribution in [1.82, 2.24) is 9.47 Å². The first-order valence-electron chi connectivity index (χ1n) is 11.9. The van der Waals surface area contributed by atoms with Crippen molar-refractivity contribution < 1.29 is 24.9 Å². The van der Waals surface area contributed by atoms with Crippen molar-refractivity contribution in [2.24, 2.45) is 5.92 Å². The standard InChI is InChI=1S/C27H30Cl2N2O5/c1-16-11-18(3-6-24(16)36-10-9-30-25(32)7-8-26(30)33)15-31(21-12-20(13-21)27(34)35)17(2)19-4-5-22(28)23(29)14-19/h3-8,11,14,17,20-21,32-33H,9-10,12-13,15H2,1-2H3,(H,34,35). The van der Waals surface area contributed by atoms with E-state index in [0.29, 0.717) is 36.0 Å². The van der Waals surface area contributed by atoms with Crippen LogP contribution in [0, 0.1) is 12.8 Å². The number of carbonyl (C=O) groups is 1. The second-order valence-electron chi connectivity index (χ2n) is 9.33. The van der Waals surface area contributed by atoms with Crippen molar-refractivity contribution in [2.75, 3.05) is 6.61 Å². The highest BCUT2D eigenvalue weighted by Gasteiger charge is 2.39. The van der Waals surface area contributed by atoms with E-state index in [2.05, 4.69) is 17.9 Å². The number of hydrogen-bond donors (Lipinski definition) is 3. The first kappa shape index (κ1) is 26.2. The predicted octanol–water partition coefficient (Wildman–Crippen LogP) is 6.02. The minimum Gasteiger partial charge on any atom is -0.494 e. The molecule has 192 valence electrons. The molecule has 36 heavy (non-hydrogen) atoms. The van der Waals surface area contributed by atoms with Gasteiger partial charge in [0.2, 0.25) is 0 Å². The maximum absolute atomic E-state index is 11.4. The molecule has 0 aliphatic heterocycles. The van der Waals surface area contributed by atoms with Gasteiger partial charge in [-0.2, -0.15) is 0 Å². The number of rotatable bonds is 10. The van der Waals surface area contributed by atoms with E-state index in [-0.39, 0.29) is 36.4 Å². The van der Waals surface area contributed by atoms with Gasteiger partial charge in [0.25, 0.3) is 0 Å². The zero-order valence-corrected chi connectivity index (χ0v) is 21.7. The second-order valence-corrected chi connectivity index (χ2v) is 10.1. The number of ether oxygens (including phenoxy) is 1. The van der Waals surface area contributed by atoms with E-state index in [0.717, 1.165) is 22.4 Å². The molecular weight excluding hydrogens is 503 g/mol. The summed E-state index contributed by atoms with van der Waals surface area (Å²) in [6.45, 7) is 5.32. The van der Waals surface area contributed by atoms with Crippen LogP contribution in [0.4, 0.5) is 0 Å². The third kappa shape index (κ3) is 5.75. The van der Waals surface area contributed by atoms with Crippen LogP contribution >= 0.6 is 23.2 Å². The van der Waals surface area contributed by atoms with Crippen molar-refractivity contribution >= 4 is 29.2 Å². The average Bonchev–Trinajstić information content (AvgIpc) is 3.12. The number of nitrogens with zero attached hydrogens (tertiary/aromatic N) is 2. The van der Waals surface area contributed by atoms with Crippen LogP contribution in [-0.4, -0.2) is 43.4 Å². The van der Waals surface area contributed by atoms with Gasteiger partial charge in [0, 0.05) is 30.8 Å². The molecule has 1 fully saturated rings. The Bertz CT molecular complexity index is 1220. The lowest BCUT2D eigenvalue weighted by Crippen LogP contribution is -2.47. The number of aromatic nitrogens is 1. The van der Waals surface area contributed by atoms with Crippen LogP contribution < -0.4 is 4.74 Å². The first-order valence-corrected chi connectivity index (χ1v) is 12.6. The van der Waals surface area contributed by atoms with E-state index in [1.54, 1.807) is 6.07 Å². The second kappa shape index (κ2) is 11.0. The number of carboxylic acid groups (broad SMARTS) is 1. The van der Waals surface area contributed by atoms with Crippen molar-refractivity contribution in [3.8, 4) is 17.5 Å². The summed E-state index contributed by atoms with van der Waals surface area (Å²) in [5, 5.41) is 29.9. The quantitative estimate of drug-likeness (QED) is 0.295. The molecular formula is C27H30Cl2N2O5. The Morgan fingerprint density at radius 2 is 1.78 bits per heavy atom. The molecule has 1 aliphatic rings. The fourth-order valence-electron chi connectivity index (χ4n) is 4.71. The van der Waals surface area contributed by atoms with E-state index >= 15 is 0 Å². The maximum atomic E-state index is 11.4. The van der Waals surface area contributed by atoms with Gasteiger partial charge < -0.3 is 20.1 Å². The molecule has 1 atom stereocenters. The molecule has 7 nitrogen and oxygen atoms in total. The lowest BCUT2D eigenvalue weighted by Gasteiger charge is -2.44. The Balaban J connectivity index is 1.46. The van der Waals surface area contributed by atoms with Gasteiger partial charge in [-0.25, -0.2) is 0 Å². The molecule has 0 spiro atoms. The summed E-state index contributed by atoms with van der Waals surface area (Å²) in [5.74, 6) is -0.355. The highest BCUT2D eigenvalue weighted by molar-refractivity contribution is 6.42. The van der Waals surface area contributed by atoms with Crippen LogP contribution in [0.5, 0.6) is 17.5 Å². The molecule has 0 amide bonds. The zero-order valence-electron chi connectivity index (χ0n) is 20.2. The maximum Gasteiger partial charge on any atom is 0.306 e. The topological polar surface area (TPSA) is 95.2 Å². The van der Waals surface area contributed by atoms with Gasteiger partial charge in [-0.15, -0.1) is 0 Å². The SMILES string of the molecule is Cc1cc(CN(C2CC(C(=O)O)C2)C(C)c2ccc(Cl)c(Cl)c2)ccc1OCCn1c(O)ccc1O. The summed E-state index contributed by atoms with van der Waals surface area (Å²) in [7, 11) is 0. The average molecular weight is 533 g/mol. The molecule has 0 saturated heterocycles. The Morgan fingerprint density at radius 3 is 2.39 bits per heavy atom. The fourth-order valence-corrected chi connectivity index (χ4v) is 5.02. The van der Waals surface area contributed by atoms with Crippen LogP contribution in [-0.2, 0) is 17.9 Å². The van der Waals surface area contributed by atoms with E-state index in [9.17, 15) is 20.1 Å². The summed E-state index contributed by atoms with van der Waals surface area (Å²) in [5.41, 5.74) is 3.08. The Kier molecular flexibility index (Phi) is 8.03. The number of halogens is 2. The van der Waals surface area contributed by atoms with E-state index in [1.807, 2.05) is 31.2 Å². The molecule has 3 N–H and O–H groups in total. The molecule has 1 saturated carbocycles. The largest absolute Gasteiger partial charge is 0.494 e. The van der Waals surface area contributed by atoms with Gasteiger partial charge in [-0.05, 0) is 61.6 Å².